The minimum atomic E-state index is -5.14. The molecule has 6 N–H and O–H groups in total. The monoisotopic (exact) mass is 937 g/mol. The number of rotatable bonds is 39. The van der Waals surface area contributed by atoms with Gasteiger partial charge in [0, 0.05) is 12.8 Å². The van der Waals surface area contributed by atoms with E-state index in [0.717, 1.165) is 70.6 Å². The van der Waals surface area contributed by atoms with Crippen LogP contribution in [0.5, 0.6) is 0 Å². The number of aliphatic hydroxyl groups excluding tert-OH is 5. The van der Waals surface area contributed by atoms with Crippen molar-refractivity contribution in [2.75, 3.05) is 13.2 Å². The zero-order valence-electron chi connectivity index (χ0n) is 39.5. The lowest BCUT2D eigenvalue weighted by Crippen LogP contribution is -2.64. The molecule has 0 spiro atoms. The average molecular weight is 937 g/mol. The highest BCUT2D eigenvalue weighted by atomic mass is 31.2. The van der Waals surface area contributed by atoms with Crippen LogP contribution in [0.15, 0.2) is 85.1 Å². The first-order valence-corrected chi connectivity index (χ1v) is 25.9. The molecule has 0 aliphatic heterocycles. The molecule has 0 aromatic heterocycles. The van der Waals surface area contributed by atoms with Gasteiger partial charge in [0.1, 0.15) is 43.2 Å². The second-order valence-corrected chi connectivity index (χ2v) is 18.1. The molecule has 0 aromatic rings. The quantitative estimate of drug-likeness (QED) is 0.0112. The van der Waals surface area contributed by atoms with Crippen molar-refractivity contribution in [2.45, 2.75) is 211 Å². The van der Waals surface area contributed by atoms with Gasteiger partial charge in [-0.05, 0) is 64.2 Å². The van der Waals surface area contributed by atoms with Crippen LogP contribution in [0.3, 0.4) is 0 Å². The Morgan fingerprint density at radius 3 is 1.46 bits per heavy atom. The summed E-state index contributed by atoms with van der Waals surface area (Å²) in [5.41, 5.74) is 0. The van der Waals surface area contributed by atoms with Crippen molar-refractivity contribution in [3.8, 4) is 0 Å². The Balaban J connectivity index is 2.38. The second-order valence-electron chi connectivity index (χ2n) is 16.6. The molecule has 7 unspecified atom stereocenters. The molecule has 1 rings (SSSR count). The van der Waals surface area contributed by atoms with E-state index in [4.69, 9.17) is 18.5 Å². The average Bonchev–Trinajstić information content (AvgIpc) is 3.29. The van der Waals surface area contributed by atoms with E-state index < -0.39 is 75.7 Å². The molecule has 0 saturated heterocycles. The molecular formula is C51H85O13P. The number of carbonyl (C=O) groups excluding carboxylic acids is 2. The number of aliphatic hydroxyl groups is 5. The van der Waals surface area contributed by atoms with Crippen LogP contribution in [-0.2, 0) is 32.7 Å². The van der Waals surface area contributed by atoms with Crippen LogP contribution in [0.1, 0.15) is 168 Å². The van der Waals surface area contributed by atoms with Crippen LogP contribution in [0.2, 0.25) is 0 Å². The molecule has 1 aliphatic carbocycles. The van der Waals surface area contributed by atoms with E-state index in [0.29, 0.717) is 12.8 Å². The molecule has 1 aliphatic rings. The fourth-order valence-corrected chi connectivity index (χ4v) is 7.93. The first-order valence-electron chi connectivity index (χ1n) is 24.4. The van der Waals surface area contributed by atoms with E-state index in [1.807, 2.05) is 42.5 Å². The van der Waals surface area contributed by atoms with Gasteiger partial charge in [0.15, 0.2) is 6.10 Å². The van der Waals surface area contributed by atoms with Gasteiger partial charge in [-0.25, -0.2) is 4.57 Å². The van der Waals surface area contributed by atoms with Crippen LogP contribution in [0.25, 0.3) is 0 Å². The van der Waals surface area contributed by atoms with Gasteiger partial charge in [-0.3, -0.25) is 18.6 Å². The third-order valence-corrected chi connectivity index (χ3v) is 11.8. The Kier molecular flexibility index (Phi) is 37.1. The van der Waals surface area contributed by atoms with Crippen LogP contribution in [-0.4, -0.2) is 98.3 Å². The maximum Gasteiger partial charge on any atom is 0.472 e. The van der Waals surface area contributed by atoms with Gasteiger partial charge in [-0.15, -0.1) is 0 Å². The van der Waals surface area contributed by atoms with Crippen molar-refractivity contribution in [2.24, 2.45) is 0 Å². The molecular weight excluding hydrogens is 852 g/mol. The summed E-state index contributed by atoms with van der Waals surface area (Å²) in [5, 5.41) is 50.2. The number of hydrogen-bond acceptors (Lipinski definition) is 12. The third kappa shape index (κ3) is 32.4. The summed E-state index contributed by atoms with van der Waals surface area (Å²) in [4.78, 5) is 35.7. The number of esters is 2. The summed E-state index contributed by atoms with van der Waals surface area (Å²) in [7, 11) is -5.14. The summed E-state index contributed by atoms with van der Waals surface area (Å²) in [5.74, 6) is -1.15. The predicted octanol–water partition coefficient (Wildman–Crippen LogP) is 10.1. The van der Waals surface area contributed by atoms with Gasteiger partial charge in [-0.1, -0.05) is 176 Å². The molecule has 0 aromatic carbocycles. The molecule has 65 heavy (non-hydrogen) atoms. The maximum atomic E-state index is 12.8. The van der Waals surface area contributed by atoms with Crippen molar-refractivity contribution in [1.29, 1.82) is 0 Å². The Bertz CT molecular complexity index is 1460. The van der Waals surface area contributed by atoms with Crippen molar-refractivity contribution in [1.82, 2.24) is 0 Å². The number of hydrogen-bond donors (Lipinski definition) is 6. The van der Waals surface area contributed by atoms with Crippen LogP contribution >= 0.6 is 7.82 Å². The fraction of sp³-hybridized carbons (Fsp3) is 0.686. The Morgan fingerprint density at radius 1 is 0.492 bits per heavy atom. The smallest absolute Gasteiger partial charge is 0.462 e. The van der Waals surface area contributed by atoms with Crippen molar-refractivity contribution in [3.63, 3.8) is 0 Å². The minimum Gasteiger partial charge on any atom is -0.462 e. The van der Waals surface area contributed by atoms with E-state index in [2.05, 4.69) is 56.4 Å². The van der Waals surface area contributed by atoms with Crippen LogP contribution < -0.4 is 0 Å². The van der Waals surface area contributed by atoms with E-state index in [-0.39, 0.29) is 12.8 Å². The van der Waals surface area contributed by atoms with E-state index >= 15 is 0 Å². The van der Waals surface area contributed by atoms with Crippen molar-refractivity contribution in [3.05, 3.63) is 85.1 Å². The number of allylic oxidation sites excluding steroid dienone is 14. The van der Waals surface area contributed by atoms with Gasteiger partial charge in [-0.2, -0.15) is 0 Å². The van der Waals surface area contributed by atoms with E-state index in [1.165, 1.54) is 57.8 Å². The number of unbranched alkanes of at least 4 members (excludes halogenated alkanes) is 16. The lowest BCUT2D eigenvalue weighted by atomic mass is 9.85. The molecule has 0 amide bonds. The number of phosphoric ester groups is 1. The SMILES string of the molecule is CC/C=C/C=C/C=C/C=C/CCCCCC(=O)OC(COC(=O)CCCCCCCCCCCCCCC/C=C/C/C=C/C/C=C/CC)COP(=O)(O)OC1C(O)C(O)C(O)[C@H](O)C1O. The molecule has 372 valence electrons. The predicted molar refractivity (Wildman–Crippen MR) is 258 cm³/mol. The van der Waals surface area contributed by atoms with Crippen molar-refractivity contribution < 1.29 is 63.1 Å². The highest BCUT2D eigenvalue weighted by Gasteiger charge is 2.51. The Hall–Kier alpha value is -2.97. The summed E-state index contributed by atoms with van der Waals surface area (Å²) < 4.78 is 33.5. The zero-order valence-corrected chi connectivity index (χ0v) is 40.4. The molecule has 0 bridgehead atoms. The lowest BCUT2D eigenvalue weighted by molar-refractivity contribution is -0.220. The van der Waals surface area contributed by atoms with E-state index in [1.54, 1.807) is 0 Å². The highest BCUT2D eigenvalue weighted by molar-refractivity contribution is 7.47. The Morgan fingerprint density at radius 2 is 0.908 bits per heavy atom. The van der Waals surface area contributed by atoms with Gasteiger partial charge in [0.2, 0.25) is 0 Å². The van der Waals surface area contributed by atoms with Gasteiger partial charge < -0.3 is 39.9 Å². The van der Waals surface area contributed by atoms with Crippen molar-refractivity contribution >= 4 is 19.8 Å². The van der Waals surface area contributed by atoms with Crippen LogP contribution in [0.4, 0.5) is 0 Å². The first-order chi connectivity index (χ1) is 31.4. The second kappa shape index (κ2) is 40.1. The van der Waals surface area contributed by atoms with Gasteiger partial charge in [0.05, 0.1) is 6.61 Å². The van der Waals surface area contributed by atoms with Gasteiger partial charge in [0.25, 0.3) is 0 Å². The molecule has 13 nitrogen and oxygen atoms in total. The zero-order chi connectivity index (χ0) is 47.8. The van der Waals surface area contributed by atoms with E-state index in [9.17, 15) is 44.6 Å². The molecule has 8 atom stereocenters. The standard InChI is InChI=1S/C51H85O13P/c1-3-5-7-9-11-13-15-17-18-19-20-21-22-23-24-25-26-28-29-31-33-35-37-39-44(52)61-41-43(42-62-65(59,60)64-51-49(57)47(55)46(54)48(56)50(51)58)63-45(53)40-38-36-34-32-30-27-16-14-12-10-8-6-4-2/h5-8,10-14,16-18,27,30,43,46-51,54-58H,3-4,9,15,19-26,28-29,31-42H2,1-2H3,(H,59,60)/b7-5+,8-6+,12-10+,13-11+,16-14+,18-17+,30-27+/t43?,46?,47-,48?,49?,50?,51?/m0/s1. The first kappa shape index (κ1) is 60.0. The third-order valence-electron chi connectivity index (χ3n) is 10.8. The minimum absolute atomic E-state index is 0.0467. The Labute approximate surface area is 390 Å². The number of phosphoric acid groups is 1. The largest absolute Gasteiger partial charge is 0.472 e. The topological polar surface area (TPSA) is 210 Å². The number of ether oxygens (including phenoxy) is 2. The maximum absolute atomic E-state index is 12.8. The molecule has 14 heteroatoms. The summed E-state index contributed by atoms with van der Waals surface area (Å²) in [6.45, 7) is 3.01. The van der Waals surface area contributed by atoms with Crippen LogP contribution in [0, 0.1) is 0 Å². The molecule has 1 saturated carbocycles. The number of carbonyl (C=O) groups is 2. The highest BCUT2D eigenvalue weighted by Crippen LogP contribution is 2.47. The molecule has 0 heterocycles. The lowest BCUT2D eigenvalue weighted by Gasteiger charge is -2.41. The summed E-state index contributed by atoms with van der Waals surface area (Å²) in [6.07, 6.45) is 39.3. The molecule has 0 radical (unpaired) electrons. The fourth-order valence-electron chi connectivity index (χ4n) is 6.96. The summed E-state index contributed by atoms with van der Waals surface area (Å²) >= 11 is 0. The van der Waals surface area contributed by atoms with Gasteiger partial charge >= 0.3 is 19.8 Å². The normalized spacial score (nSPS) is 22.2. The summed E-state index contributed by atoms with van der Waals surface area (Å²) in [6, 6.07) is 0. The molecule has 1 fully saturated rings.